The van der Waals surface area contributed by atoms with Gasteiger partial charge >= 0.3 is 0 Å². The van der Waals surface area contributed by atoms with Crippen molar-refractivity contribution >= 4 is 33.3 Å². The van der Waals surface area contributed by atoms with Gasteiger partial charge in [0.25, 0.3) is 16.0 Å². The van der Waals surface area contributed by atoms with Crippen LogP contribution in [0.2, 0.25) is 5.02 Å². The van der Waals surface area contributed by atoms with Crippen molar-refractivity contribution in [2.24, 2.45) is 10.7 Å². The molecule has 0 saturated heterocycles. The smallest absolute Gasteiger partial charge is 0.274 e. The summed E-state index contributed by atoms with van der Waals surface area (Å²) in [4.78, 5) is 17.0. The van der Waals surface area contributed by atoms with E-state index in [2.05, 4.69) is 0 Å². The zero-order chi connectivity index (χ0) is 23.4. The van der Waals surface area contributed by atoms with Gasteiger partial charge in [-0.3, -0.25) is 14.3 Å². The molecule has 0 aromatic heterocycles. The minimum Gasteiger partial charge on any atom is -0.479 e. The lowest BCUT2D eigenvalue weighted by atomic mass is 9.59. The van der Waals surface area contributed by atoms with Crippen LogP contribution in [0, 0.1) is 0 Å². The molecule has 7 nitrogen and oxygen atoms in total. The molecule has 174 valence electrons. The van der Waals surface area contributed by atoms with Crippen LogP contribution in [0.5, 0.6) is 5.75 Å². The first-order valence-electron chi connectivity index (χ1n) is 11.0. The van der Waals surface area contributed by atoms with Crippen LogP contribution in [0.4, 0.5) is 0 Å². The molecular weight excluding hydrogens is 464 g/mol. The first kappa shape index (κ1) is 22.4. The molecule has 2 aromatic rings. The summed E-state index contributed by atoms with van der Waals surface area (Å²) in [5.74, 6) is -0.596. The van der Waals surface area contributed by atoms with Crippen LogP contribution < -0.4 is 10.5 Å². The predicted molar refractivity (Wildman–Crippen MR) is 126 cm³/mol. The number of halogens is 1. The Morgan fingerprint density at radius 3 is 2.36 bits per heavy atom. The second-order valence-electron chi connectivity index (χ2n) is 9.18. The third kappa shape index (κ3) is 3.64. The average molecular weight is 489 g/mol. The molecule has 1 atom stereocenters. The highest BCUT2D eigenvalue weighted by molar-refractivity contribution is 7.87. The van der Waals surface area contributed by atoms with Gasteiger partial charge < -0.3 is 10.5 Å². The van der Waals surface area contributed by atoms with Crippen LogP contribution in [-0.2, 0) is 26.7 Å². The molecule has 1 heterocycles. The normalized spacial score (nSPS) is 21.2. The van der Waals surface area contributed by atoms with Crippen molar-refractivity contribution in [3.63, 3.8) is 0 Å². The van der Waals surface area contributed by atoms with Gasteiger partial charge in [0, 0.05) is 22.5 Å². The number of fused-ring (bicyclic) bond motifs is 1. The van der Waals surface area contributed by atoms with E-state index in [-0.39, 0.29) is 18.3 Å². The third-order valence-electron chi connectivity index (χ3n) is 7.29. The van der Waals surface area contributed by atoms with E-state index in [0.717, 1.165) is 48.1 Å². The van der Waals surface area contributed by atoms with Crippen molar-refractivity contribution in [1.82, 2.24) is 0 Å². The van der Waals surface area contributed by atoms with E-state index in [4.69, 9.17) is 27.1 Å². The Bertz CT molecular complexity index is 1250. The maximum absolute atomic E-state index is 12.1. The number of carbonyl (C=O) groups is 1. The zero-order valence-electron chi connectivity index (χ0n) is 18.0. The number of nitrogens with two attached hydrogens (primary N) is 1. The number of primary amides is 1. The highest BCUT2D eigenvalue weighted by Crippen LogP contribution is 2.49. The average Bonchev–Trinajstić information content (AvgIpc) is 3.54. The fourth-order valence-electron chi connectivity index (χ4n) is 5.15. The van der Waals surface area contributed by atoms with Crippen molar-refractivity contribution < 1.29 is 22.5 Å². The van der Waals surface area contributed by atoms with Gasteiger partial charge in [-0.15, -0.1) is 0 Å². The van der Waals surface area contributed by atoms with Gasteiger partial charge in [0.05, 0.1) is 5.71 Å². The van der Waals surface area contributed by atoms with Crippen LogP contribution in [0.25, 0.3) is 0 Å². The second-order valence-corrected chi connectivity index (χ2v) is 11.4. The number of amides is 1. The third-order valence-corrected chi connectivity index (χ3v) is 9.19. The summed E-state index contributed by atoms with van der Waals surface area (Å²) in [6.07, 6.45) is 2.58. The molecule has 2 aromatic carbocycles. The Morgan fingerprint density at radius 2 is 1.82 bits per heavy atom. The minimum atomic E-state index is -4.50. The molecule has 2 aliphatic carbocycles. The number of nitrogens with zero attached hydrogens (tertiary/aromatic N) is 1. The topological polar surface area (TPSA) is 119 Å². The van der Waals surface area contributed by atoms with Crippen LogP contribution in [-0.4, -0.2) is 42.0 Å². The van der Waals surface area contributed by atoms with Gasteiger partial charge in [-0.1, -0.05) is 36.2 Å². The summed E-state index contributed by atoms with van der Waals surface area (Å²) >= 11 is 6.11. The Morgan fingerprint density at radius 1 is 1.12 bits per heavy atom. The van der Waals surface area contributed by atoms with Crippen molar-refractivity contribution in [3.05, 3.63) is 64.2 Å². The maximum atomic E-state index is 12.1. The van der Waals surface area contributed by atoms with Crippen LogP contribution in [0.15, 0.2) is 47.5 Å². The summed E-state index contributed by atoms with van der Waals surface area (Å²) in [6.45, 7) is 0.688. The fraction of sp³-hybridized carbons (Fsp3) is 0.417. The lowest BCUT2D eigenvalue weighted by Crippen LogP contribution is -2.49. The molecule has 2 fully saturated rings. The Balaban J connectivity index is 1.52. The quantitative estimate of drug-likeness (QED) is 0.578. The molecule has 0 spiro atoms. The highest BCUT2D eigenvalue weighted by Gasteiger charge is 2.63. The van der Waals surface area contributed by atoms with Gasteiger partial charge in [0.15, 0.2) is 6.10 Å². The number of hydrogen-bond acceptors (Lipinski definition) is 5. The Labute approximate surface area is 197 Å². The maximum Gasteiger partial charge on any atom is 0.274 e. The Hall–Kier alpha value is -2.42. The molecular formula is C24H25ClN2O5S. The SMILES string of the molecule is NC(=O)C(Oc1ccc2c(c1)C(C1(c3ccc(Cl)cc3)CCC1)=NCC2)C1(S(=O)(=O)O)CC1. The second kappa shape index (κ2) is 7.82. The highest BCUT2D eigenvalue weighted by atomic mass is 35.5. The largest absolute Gasteiger partial charge is 0.479 e. The minimum absolute atomic E-state index is 0.122. The Kier molecular flexibility index (Phi) is 5.30. The van der Waals surface area contributed by atoms with Crippen LogP contribution in [0.1, 0.15) is 48.8 Å². The molecule has 3 aliphatic rings. The number of rotatable bonds is 7. The van der Waals surface area contributed by atoms with Gasteiger partial charge in [0.2, 0.25) is 0 Å². The molecule has 0 bridgehead atoms. The molecule has 33 heavy (non-hydrogen) atoms. The predicted octanol–water partition coefficient (Wildman–Crippen LogP) is 3.46. The number of hydrogen-bond donors (Lipinski definition) is 2. The molecule has 1 aliphatic heterocycles. The summed E-state index contributed by atoms with van der Waals surface area (Å²) in [5, 5.41) is 0.681. The first-order valence-corrected chi connectivity index (χ1v) is 12.9. The van der Waals surface area contributed by atoms with Crippen molar-refractivity contribution in [1.29, 1.82) is 0 Å². The molecule has 1 unspecified atom stereocenters. The van der Waals surface area contributed by atoms with E-state index in [9.17, 15) is 17.8 Å². The molecule has 5 rings (SSSR count). The van der Waals surface area contributed by atoms with Crippen LogP contribution >= 0.6 is 11.6 Å². The summed E-state index contributed by atoms with van der Waals surface area (Å²) in [6, 6.07) is 13.3. The molecule has 9 heteroatoms. The van der Waals surface area contributed by atoms with Gasteiger partial charge in [-0.05, 0) is 67.5 Å². The van der Waals surface area contributed by atoms with Crippen molar-refractivity contribution in [2.45, 2.75) is 54.8 Å². The number of carbonyl (C=O) groups excluding carboxylic acids is 1. The first-order chi connectivity index (χ1) is 15.7. The summed E-state index contributed by atoms with van der Waals surface area (Å²) in [7, 11) is -4.50. The van der Waals surface area contributed by atoms with Crippen molar-refractivity contribution in [3.8, 4) is 5.75 Å². The van der Waals surface area contributed by atoms with Crippen LogP contribution in [0.3, 0.4) is 0 Å². The van der Waals surface area contributed by atoms with Gasteiger partial charge in [-0.25, -0.2) is 0 Å². The van der Waals surface area contributed by atoms with Crippen molar-refractivity contribution in [2.75, 3.05) is 6.54 Å². The molecule has 2 saturated carbocycles. The van der Waals surface area contributed by atoms with Gasteiger partial charge in [0.1, 0.15) is 10.5 Å². The summed E-state index contributed by atoms with van der Waals surface area (Å²) < 4.78 is 37.7. The van der Waals surface area contributed by atoms with E-state index in [1.54, 1.807) is 6.07 Å². The zero-order valence-corrected chi connectivity index (χ0v) is 19.5. The fourth-order valence-corrected chi connectivity index (χ4v) is 6.33. The lowest BCUT2D eigenvalue weighted by Gasteiger charge is -2.45. The van der Waals surface area contributed by atoms with E-state index in [1.807, 2.05) is 36.4 Å². The number of ether oxygens (including phenoxy) is 1. The standard InChI is InChI=1S/C24H25ClN2O5S/c25-17-5-3-16(4-6-17)23(9-1-10-23)20-19-14-18(7-2-15(19)8-13-27-20)32-21(22(26)28)24(11-12-24)33(29,30)31/h2-7,14,21H,1,8-13H2,(H2,26,28)(H,29,30,31). The monoisotopic (exact) mass is 488 g/mol. The van der Waals surface area contributed by atoms with E-state index < -0.39 is 26.9 Å². The van der Waals surface area contributed by atoms with E-state index in [0.29, 0.717) is 17.3 Å². The number of aliphatic imine (C=N–C) groups is 1. The lowest BCUT2D eigenvalue weighted by molar-refractivity contribution is -0.125. The van der Waals surface area contributed by atoms with Gasteiger partial charge in [-0.2, -0.15) is 8.42 Å². The molecule has 3 N–H and O–H groups in total. The number of benzene rings is 2. The summed E-state index contributed by atoms with van der Waals surface area (Å²) in [5.41, 5.74) is 9.48. The molecule has 1 amide bonds. The van der Waals surface area contributed by atoms with E-state index >= 15 is 0 Å². The molecule has 0 radical (unpaired) electrons. The van der Waals surface area contributed by atoms with E-state index in [1.165, 1.54) is 0 Å².